The van der Waals surface area contributed by atoms with Gasteiger partial charge in [0.15, 0.2) is 0 Å². The quantitative estimate of drug-likeness (QED) is 0.815. The molecule has 0 saturated heterocycles. The van der Waals surface area contributed by atoms with Crippen molar-refractivity contribution < 1.29 is 9.90 Å². The lowest BCUT2D eigenvalue weighted by molar-refractivity contribution is 0.0944. The maximum atomic E-state index is 11.7. The van der Waals surface area contributed by atoms with Crippen LogP contribution in [0.15, 0.2) is 24.3 Å². The molecule has 2 rings (SSSR count). The molecule has 1 fully saturated rings. The third kappa shape index (κ3) is 2.54. The summed E-state index contributed by atoms with van der Waals surface area (Å²) in [5.41, 5.74) is 0.352. The van der Waals surface area contributed by atoms with E-state index in [0.29, 0.717) is 18.0 Å². The summed E-state index contributed by atoms with van der Waals surface area (Å²) in [5.74, 6) is 1.17. The van der Waals surface area contributed by atoms with Crippen molar-refractivity contribution in [1.82, 2.24) is 5.32 Å². The van der Waals surface area contributed by atoms with E-state index in [-0.39, 0.29) is 11.7 Å². The fourth-order valence-electron chi connectivity index (χ4n) is 1.85. The second-order valence-electron chi connectivity index (χ2n) is 4.54. The lowest BCUT2D eigenvalue weighted by Gasteiger charge is -2.11. The summed E-state index contributed by atoms with van der Waals surface area (Å²) in [7, 11) is 0. The Labute approximate surface area is 95.5 Å². The SMILES string of the molecule is CC(CNC(=O)c1ccccc1O)C1CC1. The molecule has 0 aromatic heterocycles. The maximum Gasteiger partial charge on any atom is 0.255 e. The first-order chi connectivity index (χ1) is 7.68. The molecule has 1 aliphatic carbocycles. The molecule has 1 atom stereocenters. The molecule has 0 aliphatic heterocycles. The van der Waals surface area contributed by atoms with Gasteiger partial charge in [0.2, 0.25) is 0 Å². The average molecular weight is 219 g/mol. The molecule has 3 nitrogen and oxygen atoms in total. The van der Waals surface area contributed by atoms with Crippen molar-refractivity contribution in [3.8, 4) is 5.75 Å². The van der Waals surface area contributed by atoms with E-state index in [1.165, 1.54) is 18.9 Å². The summed E-state index contributed by atoms with van der Waals surface area (Å²) in [6.07, 6.45) is 2.57. The Bertz CT molecular complexity index is 385. The monoisotopic (exact) mass is 219 g/mol. The van der Waals surface area contributed by atoms with Crippen molar-refractivity contribution in [2.45, 2.75) is 19.8 Å². The highest BCUT2D eigenvalue weighted by molar-refractivity contribution is 5.96. The number of carbonyl (C=O) groups excluding carboxylic acids is 1. The number of nitrogens with one attached hydrogen (secondary N) is 1. The zero-order valence-corrected chi connectivity index (χ0v) is 9.44. The number of phenolic OH excluding ortho intramolecular Hbond substituents is 1. The van der Waals surface area contributed by atoms with Crippen LogP contribution in [0.2, 0.25) is 0 Å². The van der Waals surface area contributed by atoms with Crippen LogP contribution in [-0.2, 0) is 0 Å². The van der Waals surface area contributed by atoms with Crippen molar-refractivity contribution >= 4 is 5.91 Å². The highest BCUT2D eigenvalue weighted by Gasteiger charge is 2.28. The molecule has 16 heavy (non-hydrogen) atoms. The van der Waals surface area contributed by atoms with Gasteiger partial charge in [-0.15, -0.1) is 0 Å². The Morgan fingerprint density at radius 1 is 1.50 bits per heavy atom. The van der Waals surface area contributed by atoms with E-state index < -0.39 is 0 Å². The van der Waals surface area contributed by atoms with Gasteiger partial charge in [-0.25, -0.2) is 0 Å². The van der Waals surface area contributed by atoms with Crippen LogP contribution in [0.5, 0.6) is 5.75 Å². The molecule has 0 bridgehead atoms. The van der Waals surface area contributed by atoms with Crippen LogP contribution >= 0.6 is 0 Å². The number of amides is 1. The second kappa shape index (κ2) is 4.56. The van der Waals surface area contributed by atoms with Gasteiger partial charge >= 0.3 is 0 Å². The van der Waals surface area contributed by atoms with Crippen molar-refractivity contribution in [2.24, 2.45) is 11.8 Å². The number of carbonyl (C=O) groups is 1. The van der Waals surface area contributed by atoms with E-state index in [2.05, 4.69) is 12.2 Å². The molecule has 2 N–H and O–H groups in total. The van der Waals surface area contributed by atoms with Crippen LogP contribution in [0.1, 0.15) is 30.1 Å². The zero-order chi connectivity index (χ0) is 11.5. The van der Waals surface area contributed by atoms with Gasteiger partial charge in [0.1, 0.15) is 5.75 Å². The molecule has 86 valence electrons. The Morgan fingerprint density at radius 3 is 2.81 bits per heavy atom. The highest BCUT2D eigenvalue weighted by Crippen LogP contribution is 2.36. The number of para-hydroxylation sites is 1. The first-order valence-electron chi connectivity index (χ1n) is 5.74. The minimum Gasteiger partial charge on any atom is -0.507 e. The van der Waals surface area contributed by atoms with Crippen LogP contribution in [0.25, 0.3) is 0 Å². The molecule has 3 heteroatoms. The van der Waals surface area contributed by atoms with E-state index >= 15 is 0 Å². The molecule has 0 radical (unpaired) electrons. The Hall–Kier alpha value is -1.51. The topological polar surface area (TPSA) is 49.3 Å². The number of benzene rings is 1. The number of rotatable bonds is 4. The lowest BCUT2D eigenvalue weighted by atomic mass is 10.1. The summed E-state index contributed by atoms with van der Waals surface area (Å²) in [4.78, 5) is 11.7. The lowest BCUT2D eigenvalue weighted by Crippen LogP contribution is -2.29. The largest absolute Gasteiger partial charge is 0.507 e. The van der Waals surface area contributed by atoms with Crippen LogP contribution in [0, 0.1) is 11.8 Å². The first-order valence-corrected chi connectivity index (χ1v) is 5.74. The fourth-order valence-corrected chi connectivity index (χ4v) is 1.85. The van der Waals surface area contributed by atoms with Gasteiger partial charge in [-0.2, -0.15) is 0 Å². The molecule has 1 aliphatic rings. The van der Waals surface area contributed by atoms with E-state index in [4.69, 9.17) is 0 Å². The molecule has 1 aromatic carbocycles. The van der Waals surface area contributed by atoms with E-state index in [1.807, 2.05) is 0 Å². The minimum absolute atomic E-state index is 0.0408. The van der Waals surface area contributed by atoms with Gasteiger partial charge < -0.3 is 10.4 Å². The Kier molecular flexibility index (Phi) is 3.13. The fraction of sp³-hybridized carbons (Fsp3) is 0.462. The molecule has 0 heterocycles. The predicted molar refractivity (Wildman–Crippen MR) is 62.3 cm³/mol. The Balaban J connectivity index is 1.90. The number of aromatic hydroxyl groups is 1. The van der Waals surface area contributed by atoms with Gasteiger partial charge in [0.05, 0.1) is 5.56 Å². The normalized spacial score (nSPS) is 16.8. The van der Waals surface area contributed by atoms with Crippen molar-refractivity contribution in [2.75, 3.05) is 6.54 Å². The van der Waals surface area contributed by atoms with Crippen LogP contribution in [0.3, 0.4) is 0 Å². The summed E-state index contributed by atoms with van der Waals surface area (Å²) in [5, 5.41) is 12.4. The van der Waals surface area contributed by atoms with Gasteiger partial charge in [0, 0.05) is 6.54 Å². The van der Waals surface area contributed by atoms with Crippen molar-refractivity contribution in [3.05, 3.63) is 29.8 Å². The molecular formula is C13H17NO2. The average Bonchev–Trinajstić information content (AvgIpc) is 3.10. The van der Waals surface area contributed by atoms with Crippen molar-refractivity contribution in [1.29, 1.82) is 0 Å². The molecule has 0 spiro atoms. The van der Waals surface area contributed by atoms with Crippen LogP contribution in [0.4, 0.5) is 0 Å². The van der Waals surface area contributed by atoms with Crippen molar-refractivity contribution in [3.63, 3.8) is 0 Å². The van der Waals surface area contributed by atoms with E-state index in [1.54, 1.807) is 18.2 Å². The molecule has 1 saturated carbocycles. The molecule has 1 amide bonds. The minimum atomic E-state index is -0.189. The standard InChI is InChI=1S/C13H17NO2/c1-9(10-6-7-10)8-14-13(16)11-4-2-3-5-12(11)15/h2-5,9-10,15H,6-8H2,1H3,(H,14,16). The molecule has 1 aromatic rings. The number of phenols is 1. The van der Waals surface area contributed by atoms with Gasteiger partial charge in [-0.05, 0) is 36.8 Å². The molecular weight excluding hydrogens is 202 g/mol. The summed E-state index contributed by atoms with van der Waals surface area (Å²) >= 11 is 0. The van der Waals surface area contributed by atoms with Crippen LogP contribution in [-0.4, -0.2) is 17.6 Å². The summed E-state index contributed by atoms with van der Waals surface area (Å²) in [6.45, 7) is 2.85. The summed E-state index contributed by atoms with van der Waals surface area (Å²) in [6, 6.07) is 6.61. The van der Waals surface area contributed by atoms with Crippen LogP contribution < -0.4 is 5.32 Å². The predicted octanol–water partition coefficient (Wildman–Crippen LogP) is 2.17. The van der Waals surface area contributed by atoms with E-state index in [0.717, 1.165) is 5.92 Å². The molecule has 1 unspecified atom stereocenters. The van der Waals surface area contributed by atoms with Gasteiger partial charge in [-0.3, -0.25) is 4.79 Å². The van der Waals surface area contributed by atoms with Gasteiger partial charge in [-0.1, -0.05) is 19.1 Å². The second-order valence-corrected chi connectivity index (χ2v) is 4.54. The summed E-state index contributed by atoms with van der Waals surface area (Å²) < 4.78 is 0. The number of hydrogen-bond acceptors (Lipinski definition) is 2. The zero-order valence-electron chi connectivity index (χ0n) is 9.44. The van der Waals surface area contributed by atoms with Gasteiger partial charge in [0.25, 0.3) is 5.91 Å². The van der Waals surface area contributed by atoms with E-state index in [9.17, 15) is 9.90 Å². The Morgan fingerprint density at radius 2 is 2.19 bits per heavy atom. The first kappa shape index (κ1) is 11.0. The third-order valence-corrected chi connectivity index (χ3v) is 3.16. The smallest absolute Gasteiger partial charge is 0.255 e. The number of hydrogen-bond donors (Lipinski definition) is 2. The third-order valence-electron chi connectivity index (χ3n) is 3.16. The maximum absolute atomic E-state index is 11.7. The highest BCUT2D eigenvalue weighted by atomic mass is 16.3.